The zero-order chi connectivity index (χ0) is 8.20. The first-order chi connectivity index (χ1) is 4.48. The third kappa shape index (κ3) is 4.53. The minimum Gasteiger partial charge on any atom is -0.458 e. The molecule has 4 nitrogen and oxygen atoms in total. The Bertz CT molecular complexity index is 165. The summed E-state index contributed by atoms with van der Waals surface area (Å²) in [6.45, 7) is 2.62. The number of hydrogen-bond acceptors (Lipinski definition) is 4. The van der Waals surface area contributed by atoms with Gasteiger partial charge < -0.3 is 14.4 Å². The zero-order valence-electron chi connectivity index (χ0n) is 6.03. The Morgan fingerprint density at radius 1 is 1.70 bits per heavy atom. The lowest BCUT2D eigenvalue weighted by atomic mass is 10.8. The van der Waals surface area contributed by atoms with E-state index in [2.05, 4.69) is 4.74 Å². The smallest absolute Gasteiger partial charge is 0.303 e. The number of rotatable bonds is 3. The Labute approximate surface area is 59.6 Å². The molecule has 0 aliphatic carbocycles. The Balaban J connectivity index is 3.68. The van der Waals surface area contributed by atoms with Crippen LogP contribution >= 0.6 is 7.14 Å². The van der Waals surface area contributed by atoms with E-state index in [4.69, 9.17) is 5.11 Å². The molecule has 0 aromatic heterocycles. The summed E-state index contributed by atoms with van der Waals surface area (Å²) in [7, 11) is -2.61. The van der Waals surface area contributed by atoms with Crippen molar-refractivity contribution < 1.29 is 19.2 Å². The number of esters is 1. The second-order valence-electron chi connectivity index (χ2n) is 2.20. The number of carbonyl (C=O) groups is 1. The van der Waals surface area contributed by atoms with Gasteiger partial charge in [-0.2, -0.15) is 0 Å². The highest BCUT2D eigenvalue weighted by Crippen LogP contribution is 2.39. The van der Waals surface area contributed by atoms with Crippen LogP contribution in [-0.4, -0.2) is 30.4 Å². The van der Waals surface area contributed by atoms with E-state index in [1.165, 1.54) is 13.6 Å². The molecule has 0 aromatic carbocycles. The van der Waals surface area contributed by atoms with E-state index in [0.717, 1.165) is 0 Å². The monoisotopic (exact) mass is 166 g/mol. The summed E-state index contributed by atoms with van der Waals surface area (Å²) in [6, 6.07) is 0. The van der Waals surface area contributed by atoms with E-state index in [9.17, 15) is 9.36 Å². The van der Waals surface area contributed by atoms with E-state index in [0.29, 0.717) is 0 Å². The molecule has 1 unspecified atom stereocenters. The van der Waals surface area contributed by atoms with Gasteiger partial charge in [-0.3, -0.25) is 4.79 Å². The third-order valence-corrected chi connectivity index (χ3v) is 2.11. The van der Waals surface area contributed by atoms with Gasteiger partial charge in [0.05, 0.1) is 6.35 Å². The molecule has 0 rings (SSSR count). The fraction of sp³-hybridized carbons (Fsp3) is 0.800. The summed E-state index contributed by atoms with van der Waals surface area (Å²) in [6.07, 6.45) is -0.584. The molecule has 0 saturated heterocycles. The largest absolute Gasteiger partial charge is 0.458 e. The van der Waals surface area contributed by atoms with Gasteiger partial charge in [-0.25, -0.2) is 0 Å². The van der Waals surface area contributed by atoms with Crippen molar-refractivity contribution in [2.24, 2.45) is 0 Å². The number of aliphatic hydroxyl groups excluding tert-OH is 1. The molecule has 0 aromatic rings. The molecule has 0 spiro atoms. The van der Waals surface area contributed by atoms with Crippen LogP contribution < -0.4 is 0 Å². The highest BCUT2D eigenvalue weighted by Gasteiger charge is 2.14. The molecule has 5 heteroatoms. The van der Waals surface area contributed by atoms with Crippen molar-refractivity contribution in [3.05, 3.63) is 0 Å². The van der Waals surface area contributed by atoms with Crippen molar-refractivity contribution >= 4 is 13.1 Å². The first-order valence-corrected chi connectivity index (χ1v) is 5.30. The topological polar surface area (TPSA) is 63.6 Å². The van der Waals surface area contributed by atoms with Gasteiger partial charge in [0.2, 0.25) is 0 Å². The minimum absolute atomic E-state index is 0.168. The van der Waals surface area contributed by atoms with Gasteiger partial charge in [0.1, 0.15) is 13.5 Å². The van der Waals surface area contributed by atoms with Crippen molar-refractivity contribution in [3.8, 4) is 0 Å². The number of carbonyl (C=O) groups excluding carboxylic acids is 1. The van der Waals surface area contributed by atoms with Crippen LogP contribution in [-0.2, 0) is 14.1 Å². The standard InChI is InChI=1S/C5H11O4P/c1-5(7)9-4-10(2,8)3-6/h6H,3-4H2,1-2H3. The molecule has 0 aliphatic rings. The molecule has 0 fully saturated rings. The predicted octanol–water partition coefficient (Wildman–Crippen LogP) is 0.450. The van der Waals surface area contributed by atoms with E-state index in [1.807, 2.05) is 0 Å². The molecule has 0 bridgehead atoms. The minimum atomic E-state index is -2.61. The van der Waals surface area contributed by atoms with Crippen LogP contribution in [0.1, 0.15) is 6.92 Å². The normalized spacial score (nSPS) is 15.9. The van der Waals surface area contributed by atoms with Crippen LogP contribution in [0, 0.1) is 0 Å². The van der Waals surface area contributed by atoms with Crippen LogP contribution in [0.3, 0.4) is 0 Å². The maximum Gasteiger partial charge on any atom is 0.303 e. The first kappa shape index (κ1) is 9.66. The highest BCUT2D eigenvalue weighted by molar-refractivity contribution is 7.62. The first-order valence-electron chi connectivity index (χ1n) is 2.78. The van der Waals surface area contributed by atoms with Crippen LogP contribution in [0.2, 0.25) is 0 Å². The lowest BCUT2D eigenvalue weighted by Crippen LogP contribution is -2.02. The molecule has 0 amide bonds. The van der Waals surface area contributed by atoms with Crippen LogP contribution in [0.25, 0.3) is 0 Å². The second-order valence-corrected chi connectivity index (χ2v) is 5.34. The fourth-order valence-corrected chi connectivity index (χ4v) is 0.805. The van der Waals surface area contributed by atoms with Crippen molar-refractivity contribution in [1.29, 1.82) is 0 Å². The highest BCUT2D eigenvalue weighted by atomic mass is 31.2. The summed E-state index contributed by atoms with van der Waals surface area (Å²) in [5.74, 6) is -0.476. The zero-order valence-corrected chi connectivity index (χ0v) is 6.93. The lowest BCUT2D eigenvalue weighted by molar-refractivity contribution is -0.139. The van der Waals surface area contributed by atoms with Crippen molar-refractivity contribution in [1.82, 2.24) is 0 Å². The van der Waals surface area contributed by atoms with Crippen molar-refractivity contribution in [2.75, 3.05) is 19.4 Å². The van der Waals surface area contributed by atoms with Crippen LogP contribution in [0.5, 0.6) is 0 Å². The number of aliphatic hydroxyl groups is 1. The average molecular weight is 166 g/mol. The summed E-state index contributed by atoms with van der Waals surface area (Å²) in [4.78, 5) is 10.2. The van der Waals surface area contributed by atoms with Gasteiger partial charge in [-0.15, -0.1) is 0 Å². The molecule has 0 saturated carbocycles. The molecule has 0 aliphatic heterocycles. The van der Waals surface area contributed by atoms with Gasteiger partial charge in [0.15, 0.2) is 0 Å². The third-order valence-electron chi connectivity index (χ3n) is 0.840. The summed E-state index contributed by atoms with van der Waals surface area (Å²) >= 11 is 0. The molecular formula is C5H11O4P. The Morgan fingerprint density at radius 2 is 2.20 bits per heavy atom. The number of ether oxygens (including phenoxy) is 1. The molecule has 1 N–H and O–H groups in total. The Morgan fingerprint density at radius 3 is 2.50 bits per heavy atom. The Hall–Kier alpha value is -0.340. The van der Waals surface area contributed by atoms with Crippen LogP contribution in [0.4, 0.5) is 0 Å². The van der Waals surface area contributed by atoms with E-state index >= 15 is 0 Å². The van der Waals surface area contributed by atoms with E-state index in [-0.39, 0.29) is 6.35 Å². The summed E-state index contributed by atoms with van der Waals surface area (Å²) in [5.41, 5.74) is 0. The van der Waals surface area contributed by atoms with Gasteiger partial charge >= 0.3 is 5.97 Å². The Kier molecular flexibility index (Phi) is 3.61. The maximum atomic E-state index is 11.0. The SMILES string of the molecule is CC(=O)OCP(C)(=O)CO. The number of hydrogen-bond donors (Lipinski definition) is 1. The lowest BCUT2D eigenvalue weighted by Gasteiger charge is -2.07. The molecule has 0 radical (unpaired) electrons. The quantitative estimate of drug-likeness (QED) is 0.488. The van der Waals surface area contributed by atoms with Gasteiger partial charge in [-0.1, -0.05) is 0 Å². The molecule has 1 atom stereocenters. The van der Waals surface area contributed by atoms with E-state index < -0.39 is 19.5 Å². The van der Waals surface area contributed by atoms with Crippen LogP contribution in [0.15, 0.2) is 0 Å². The fourth-order valence-electron chi connectivity index (χ4n) is 0.268. The maximum absolute atomic E-state index is 11.0. The van der Waals surface area contributed by atoms with Gasteiger partial charge in [-0.05, 0) is 6.66 Å². The molecular weight excluding hydrogens is 155 g/mol. The average Bonchev–Trinajstić information content (AvgIpc) is 1.85. The van der Waals surface area contributed by atoms with Gasteiger partial charge in [0, 0.05) is 6.92 Å². The molecule has 10 heavy (non-hydrogen) atoms. The summed E-state index contributed by atoms with van der Waals surface area (Å²) in [5, 5.41) is 8.45. The van der Waals surface area contributed by atoms with Crippen molar-refractivity contribution in [3.63, 3.8) is 0 Å². The van der Waals surface area contributed by atoms with E-state index in [1.54, 1.807) is 0 Å². The summed E-state index contributed by atoms with van der Waals surface area (Å²) < 4.78 is 15.4. The predicted molar refractivity (Wildman–Crippen MR) is 37.2 cm³/mol. The second kappa shape index (κ2) is 3.74. The molecule has 0 heterocycles. The van der Waals surface area contributed by atoms with Crippen molar-refractivity contribution in [2.45, 2.75) is 6.92 Å². The molecule has 60 valence electrons. The van der Waals surface area contributed by atoms with Gasteiger partial charge in [0.25, 0.3) is 0 Å².